The number of rotatable bonds is 6. The monoisotopic (exact) mass is 480 g/mol. The Bertz CT molecular complexity index is 959. The van der Waals surface area contributed by atoms with E-state index in [1.165, 1.54) is 11.1 Å². The number of epoxide rings is 3. The summed E-state index contributed by atoms with van der Waals surface area (Å²) in [6.45, 7) is 6.52. The van der Waals surface area contributed by atoms with E-state index in [1.54, 1.807) is 48.5 Å². The van der Waals surface area contributed by atoms with E-state index in [9.17, 15) is 5.11 Å². The Hall–Kier alpha value is -3.06. The van der Waals surface area contributed by atoms with E-state index >= 15 is 0 Å². The van der Waals surface area contributed by atoms with Gasteiger partial charge in [0.15, 0.2) is 0 Å². The molecule has 3 fully saturated rings. The van der Waals surface area contributed by atoms with Crippen molar-refractivity contribution in [2.24, 2.45) is 0 Å². The molecule has 0 aromatic heterocycles. The smallest absolute Gasteiger partial charge is 0.119 e. The zero-order valence-electron chi connectivity index (χ0n) is 20.5. The van der Waals surface area contributed by atoms with Crippen molar-refractivity contribution in [1.29, 1.82) is 0 Å². The van der Waals surface area contributed by atoms with Crippen LogP contribution in [-0.4, -0.2) is 53.5 Å². The number of para-hydroxylation sites is 2. The van der Waals surface area contributed by atoms with E-state index in [4.69, 9.17) is 24.4 Å². The molecule has 0 aliphatic carbocycles. The van der Waals surface area contributed by atoms with Gasteiger partial charge < -0.3 is 29.5 Å². The predicted octanol–water partition coefficient (Wildman–Crippen LogP) is 5.03. The van der Waals surface area contributed by atoms with Gasteiger partial charge in [0.2, 0.25) is 0 Å². The van der Waals surface area contributed by atoms with Crippen LogP contribution in [0.1, 0.15) is 30.5 Å². The fourth-order valence-electron chi connectivity index (χ4n) is 3.52. The molecule has 3 aromatic rings. The van der Waals surface area contributed by atoms with Gasteiger partial charge in [0.1, 0.15) is 17.2 Å². The highest BCUT2D eigenvalue weighted by Gasteiger charge is 2.32. The largest absolute Gasteiger partial charge is 0.508 e. The highest BCUT2D eigenvalue weighted by molar-refractivity contribution is 5.46. The van der Waals surface area contributed by atoms with Crippen LogP contribution in [0, 0.1) is 0 Å². The second kappa shape index (κ2) is 13.7. The molecule has 0 radical (unpaired) electrons. The number of ether oxygens (including phenoxy) is 3. The van der Waals surface area contributed by atoms with Gasteiger partial charge >= 0.3 is 0 Å². The van der Waals surface area contributed by atoms with Crippen LogP contribution in [-0.2, 0) is 33.5 Å². The van der Waals surface area contributed by atoms with Crippen LogP contribution in [0.3, 0.4) is 0 Å². The Morgan fingerprint density at radius 1 is 0.571 bits per heavy atom. The number of phenols is 3. The van der Waals surface area contributed by atoms with Gasteiger partial charge in [-0.05, 0) is 41.5 Å². The van der Waals surface area contributed by atoms with E-state index in [-0.39, 0.29) is 6.10 Å². The van der Waals surface area contributed by atoms with E-state index < -0.39 is 0 Å². The van der Waals surface area contributed by atoms with E-state index in [0.29, 0.717) is 29.5 Å². The molecule has 3 N–H and O–H groups in total. The Morgan fingerprint density at radius 3 is 1.34 bits per heavy atom. The van der Waals surface area contributed by atoms with Crippen LogP contribution in [0.15, 0.2) is 72.8 Å². The number of benzene rings is 3. The molecule has 3 atom stereocenters. The van der Waals surface area contributed by atoms with Crippen molar-refractivity contribution in [3.8, 4) is 17.2 Å². The van der Waals surface area contributed by atoms with Crippen LogP contribution < -0.4 is 0 Å². The summed E-state index contributed by atoms with van der Waals surface area (Å²) in [7, 11) is 0. The number of hydrogen-bond acceptors (Lipinski definition) is 6. The minimum Gasteiger partial charge on any atom is -0.508 e. The van der Waals surface area contributed by atoms with Crippen LogP contribution in [0.2, 0.25) is 0 Å². The summed E-state index contributed by atoms with van der Waals surface area (Å²) in [5.41, 5.74) is 3.61. The molecule has 6 heteroatoms. The quantitative estimate of drug-likeness (QED) is 0.428. The second-order valence-electron chi connectivity index (χ2n) is 8.35. The normalized spacial score (nSPS) is 20.6. The van der Waals surface area contributed by atoms with Crippen LogP contribution in [0.5, 0.6) is 17.2 Å². The SMILES string of the molecule is CC.Oc1ccc(CC2CO2)c(CC2CO2)c1CC1CO1.Oc1ccccc1.Oc1ccccc1. The molecule has 188 valence electrons. The third kappa shape index (κ3) is 9.99. The van der Waals surface area contributed by atoms with Crippen molar-refractivity contribution < 1.29 is 29.5 Å². The minimum atomic E-state index is 0.289. The fourth-order valence-corrected chi connectivity index (χ4v) is 3.52. The van der Waals surface area contributed by atoms with Gasteiger partial charge in [0.05, 0.1) is 38.1 Å². The molecule has 3 heterocycles. The minimum absolute atomic E-state index is 0.289. The first-order valence-corrected chi connectivity index (χ1v) is 12.2. The lowest BCUT2D eigenvalue weighted by Gasteiger charge is -2.15. The molecule has 3 saturated heterocycles. The molecule has 6 nitrogen and oxygen atoms in total. The van der Waals surface area contributed by atoms with Gasteiger partial charge in [-0.3, -0.25) is 0 Å². The molecule has 3 unspecified atom stereocenters. The van der Waals surface area contributed by atoms with Crippen molar-refractivity contribution >= 4 is 0 Å². The van der Waals surface area contributed by atoms with Crippen LogP contribution >= 0.6 is 0 Å². The summed E-state index contributed by atoms with van der Waals surface area (Å²) in [4.78, 5) is 0. The molecule has 0 amide bonds. The lowest BCUT2D eigenvalue weighted by atomic mass is 9.91. The van der Waals surface area contributed by atoms with Crippen molar-refractivity contribution in [2.45, 2.75) is 51.4 Å². The van der Waals surface area contributed by atoms with Gasteiger partial charge in [0, 0.05) is 24.8 Å². The zero-order valence-corrected chi connectivity index (χ0v) is 20.5. The third-order valence-electron chi connectivity index (χ3n) is 5.53. The molecule has 0 saturated carbocycles. The molecule has 0 spiro atoms. The first-order chi connectivity index (χ1) is 17.1. The Kier molecular flexibility index (Phi) is 10.4. The summed E-state index contributed by atoms with van der Waals surface area (Å²) >= 11 is 0. The van der Waals surface area contributed by atoms with Gasteiger partial charge in [-0.1, -0.05) is 56.3 Å². The van der Waals surface area contributed by atoms with Gasteiger partial charge in [0.25, 0.3) is 0 Å². The zero-order chi connectivity index (χ0) is 25.0. The average molecular weight is 481 g/mol. The van der Waals surface area contributed by atoms with E-state index in [1.807, 2.05) is 38.1 Å². The number of hydrogen-bond donors (Lipinski definition) is 3. The number of aromatic hydroxyl groups is 3. The lowest BCUT2D eigenvalue weighted by Crippen LogP contribution is -2.08. The van der Waals surface area contributed by atoms with Crippen LogP contribution in [0.4, 0.5) is 0 Å². The Balaban J connectivity index is 0.000000176. The highest BCUT2D eigenvalue weighted by Crippen LogP contribution is 2.33. The predicted molar refractivity (Wildman–Crippen MR) is 136 cm³/mol. The van der Waals surface area contributed by atoms with Crippen molar-refractivity contribution in [3.63, 3.8) is 0 Å². The van der Waals surface area contributed by atoms with Crippen molar-refractivity contribution in [3.05, 3.63) is 89.5 Å². The first kappa shape index (κ1) is 26.5. The molecular formula is C29H36O6. The maximum Gasteiger partial charge on any atom is 0.119 e. The van der Waals surface area contributed by atoms with Gasteiger partial charge in [-0.15, -0.1) is 0 Å². The molecule has 0 bridgehead atoms. The van der Waals surface area contributed by atoms with Crippen molar-refractivity contribution in [1.82, 2.24) is 0 Å². The molecule has 3 aliphatic heterocycles. The number of phenolic OH excluding ortho intramolecular Hbond substituents is 3. The van der Waals surface area contributed by atoms with E-state index in [2.05, 4.69) is 0 Å². The molecule has 35 heavy (non-hydrogen) atoms. The van der Waals surface area contributed by atoms with Crippen LogP contribution in [0.25, 0.3) is 0 Å². The second-order valence-corrected chi connectivity index (χ2v) is 8.35. The topological polar surface area (TPSA) is 98.3 Å². The van der Waals surface area contributed by atoms with Gasteiger partial charge in [-0.2, -0.15) is 0 Å². The van der Waals surface area contributed by atoms with Crippen molar-refractivity contribution in [2.75, 3.05) is 19.8 Å². The fraction of sp³-hybridized carbons (Fsp3) is 0.379. The lowest BCUT2D eigenvalue weighted by molar-refractivity contribution is 0.393. The third-order valence-corrected chi connectivity index (χ3v) is 5.53. The molecule has 6 rings (SSSR count). The molecular weight excluding hydrogens is 444 g/mol. The van der Waals surface area contributed by atoms with Gasteiger partial charge in [-0.25, -0.2) is 0 Å². The summed E-state index contributed by atoms with van der Waals surface area (Å²) < 4.78 is 16.0. The first-order valence-electron chi connectivity index (χ1n) is 12.2. The maximum atomic E-state index is 10.1. The summed E-state index contributed by atoms with van der Waals surface area (Å²) in [6.07, 6.45) is 3.65. The summed E-state index contributed by atoms with van der Waals surface area (Å²) in [6, 6.07) is 21.3. The summed E-state index contributed by atoms with van der Waals surface area (Å²) in [5.74, 6) is 1.04. The summed E-state index contributed by atoms with van der Waals surface area (Å²) in [5, 5.41) is 27.4. The maximum absolute atomic E-state index is 10.1. The van der Waals surface area contributed by atoms with E-state index in [0.717, 1.165) is 44.6 Å². The molecule has 3 aliphatic rings. The molecule has 3 aromatic carbocycles. The average Bonchev–Trinajstić information content (AvgIpc) is 3.72. The Morgan fingerprint density at radius 2 is 0.971 bits per heavy atom. The highest BCUT2D eigenvalue weighted by atomic mass is 16.6. The standard InChI is InChI=1S/C15H18O4.2C6H6O.C2H6/c16-15-2-1-9(3-10-6-17-10)13(4-11-7-18-11)14(15)5-12-8-19-12;2*7-6-4-2-1-3-5-6;1-2/h1-2,10-12,16H,3-8H2;2*1-5,7H;1-2H3. The Labute approximate surface area is 207 Å².